The van der Waals surface area contributed by atoms with Gasteiger partial charge in [0.15, 0.2) is 0 Å². The lowest BCUT2D eigenvalue weighted by molar-refractivity contribution is -0.117. The number of likely N-dealkylation sites (N-methyl/N-ethyl adjacent to an activating group) is 1. The number of hydrogen-bond acceptors (Lipinski definition) is 5. The highest BCUT2D eigenvalue weighted by Crippen LogP contribution is 2.29. The van der Waals surface area contributed by atoms with Gasteiger partial charge in [0, 0.05) is 39.3 Å². The van der Waals surface area contributed by atoms with Crippen molar-refractivity contribution in [3.8, 4) is 0 Å². The smallest absolute Gasteiger partial charge is 0.245 e. The van der Waals surface area contributed by atoms with E-state index in [1.54, 1.807) is 31.3 Å². The second-order valence-corrected chi connectivity index (χ2v) is 10.0. The minimum atomic E-state index is -3.66. The van der Waals surface area contributed by atoms with Crippen LogP contribution in [0.15, 0.2) is 29.2 Å². The molecule has 1 aliphatic heterocycles. The zero-order valence-corrected chi connectivity index (χ0v) is 18.5. The molecule has 2 aliphatic rings. The van der Waals surface area contributed by atoms with Gasteiger partial charge in [0.25, 0.3) is 0 Å². The highest BCUT2D eigenvalue weighted by atomic mass is 32.2. The van der Waals surface area contributed by atoms with Gasteiger partial charge in [-0.3, -0.25) is 9.69 Å². The van der Waals surface area contributed by atoms with Crippen LogP contribution < -0.4 is 5.32 Å². The van der Waals surface area contributed by atoms with Crippen LogP contribution in [-0.4, -0.2) is 80.8 Å². The Kier molecular flexibility index (Phi) is 7.67. The summed E-state index contributed by atoms with van der Waals surface area (Å²) in [5.74, 6) is -0.169. The molecule has 1 heterocycles. The first kappa shape index (κ1) is 22.2. The van der Waals surface area contributed by atoms with E-state index in [1.807, 2.05) is 0 Å². The molecule has 1 aromatic carbocycles. The van der Waals surface area contributed by atoms with Crippen molar-refractivity contribution in [3.05, 3.63) is 24.3 Å². The maximum atomic E-state index is 13.3. The molecule has 1 N–H and O–H groups in total. The molecule has 0 atom stereocenters. The van der Waals surface area contributed by atoms with Gasteiger partial charge in [-0.05, 0) is 31.5 Å². The van der Waals surface area contributed by atoms with Crippen LogP contribution >= 0.6 is 0 Å². The lowest BCUT2D eigenvalue weighted by Crippen LogP contribution is -2.48. The van der Waals surface area contributed by atoms with Gasteiger partial charge in [-0.25, -0.2) is 8.42 Å². The summed E-state index contributed by atoms with van der Waals surface area (Å²) in [6, 6.07) is 6.77. The minimum Gasteiger partial charge on any atom is -0.324 e. The van der Waals surface area contributed by atoms with Gasteiger partial charge in [0.05, 0.1) is 12.2 Å². The van der Waals surface area contributed by atoms with Gasteiger partial charge in [0.2, 0.25) is 15.9 Å². The van der Waals surface area contributed by atoms with Crippen LogP contribution in [0.3, 0.4) is 0 Å². The SMILES string of the molecule is CCN1CCN(CC(=O)Nc2ccccc2S(=O)(=O)N(C)C2CCCCC2)CC1. The van der Waals surface area contributed by atoms with E-state index in [0.717, 1.165) is 58.4 Å². The number of hydrogen-bond donors (Lipinski definition) is 1. The van der Waals surface area contributed by atoms with Gasteiger partial charge in [-0.2, -0.15) is 4.31 Å². The zero-order chi connectivity index (χ0) is 20.9. The first-order valence-corrected chi connectivity index (χ1v) is 12.2. The molecule has 1 saturated carbocycles. The Balaban J connectivity index is 1.67. The average Bonchev–Trinajstić information content (AvgIpc) is 2.74. The molecule has 2 fully saturated rings. The summed E-state index contributed by atoms with van der Waals surface area (Å²) < 4.78 is 28.0. The normalized spacial score (nSPS) is 20.1. The average molecular weight is 423 g/mol. The minimum absolute atomic E-state index is 0.0346. The summed E-state index contributed by atoms with van der Waals surface area (Å²) in [7, 11) is -2.00. The molecular weight excluding hydrogens is 388 g/mol. The molecule has 1 aromatic rings. The number of rotatable bonds is 7. The number of piperazine rings is 1. The van der Waals surface area contributed by atoms with E-state index >= 15 is 0 Å². The van der Waals surface area contributed by atoms with Crippen LogP contribution in [0, 0.1) is 0 Å². The van der Waals surface area contributed by atoms with Crippen LogP contribution in [0.2, 0.25) is 0 Å². The number of amides is 1. The third-order valence-electron chi connectivity index (χ3n) is 6.19. The van der Waals surface area contributed by atoms with Crippen molar-refractivity contribution in [2.45, 2.75) is 50.0 Å². The molecule has 162 valence electrons. The van der Waals surface area contributed by atoms with Gasteiger partial charge >= 0.3 is 0 Å². The fraction of sp³-hybridized carbons (Fsp3) is 0.667. The van der Waals surface area contributed by atoms with Crippen molar-refractivity contribution in [2.75, 3.05) is 51.6 Å². The topological polar surface area (TPSA) is 73.0 Å². The molecule has 0 radical (unpaired) electrons. The Bertz CT molecular complexity index is 785. The number of nitrogens with zero attached hydrogens (tertiary/aromatic N) is 3. The molecule has 0 unspecified atom stereocenters. The third-order valence-corrected chi connectivity index (χ3v) is 8.15. The van der Waals surface area contributed by atoms with Crippen LogP contribution in [-0.2, 0) is 14.8 Å². The molecule has 0 bridgehead atoms. The van der Waals surface area contributed by atoms with Gasteiger partial charge < -0.3 is 10.2 Å². The molecular formula is C21H34N4O3S. The maximum Gasteiger partial charge on any atom is 0.245 e. The molecule has 0 aromatic heterocycles. The predicted molar refractivity (Wildman–Crippen MR) is 115 cm³/mol. The molecule has 1 amide bonds. The van der Waals surface area contributed by atoms with E-state index in [-0.39, 0.29) is 23.4 Å². The van der Waals surface area contributed by atoms with E-state index in [9.17, 15) is 13.2 Å². The monoisotopic (exact) mass is 422 g/mol. The quantitative estimate of drug-likeness (QED) is 0.729. The third kappa shape index (κ3) is 5.57. The molecule has 1 aliphatic carbocycles. The number of sulfonamides is 1. The lowest BCUT2D eigenvalue weighted by Gasteiger charge is -2.33. The summed E-state index contributed by atoms with van der Waals surface area (Å²) >= 11 is 0. The Hall–Kier alpha value is -1.48. The first-order valence-electron chi connectivity index (χ1n) is 10.7. The summed E-state index contributed by atoms with van der Waals surface area (Å²) in [6.45, 7) is 7.08. The number of carbonyl (C=O) groups is 1. The molecule has 29 heavy (non-hydrogen) atoms. The molecule has 3 rings (SSSR count). The molecule has 0 spiro atoms. The van der Waals surface area contributed by atoms with Crippen molar-refractivity contribution >= 4 is 21.6 Å². The van der Waals surface area contributed by atoms with E-state index < -0.39 is 10.0 Å². The lowest BCUT2D eigenvalue weighted by atomic mass is 9.96. The van der Waals surface area contributed by atoms with E-state index in [4.69, 9.17) is 0 Å². The van der Waals surface area contributed by atoms with Gasteiger partial charge in [-0.15, -0.1) is 0 Å². The summed E-state index contributed by atoms with van der Waals surface area (Å²) in [6.07, 6.45) is 5.09. The van der Waals surface area contributed by atoms with Crippen molar-refractivity contribution in [2.24, 2.45) is 0 Å². The Morgan fingerprint density at radius 2 is 1.69 bits per heavy atom. The van der Waals surface area contributed by atoms with Crippen LogP contribution in [0.1, 0.15) is 39.0 Å². The number of anilines is 1. The van der Waals surface area contributed by atoms with Crippen molar-refractivity contribution in [1.29, 1.82) is 0 Å². The second-order valence-electron chi connectivity index (χ2n) is 8.07. The Morgan fingerprint density at radius 1 is 1.07 bits per heavy atom. The maximum absolute atomic E-state index is 13.3. The fourth-order valence-corrected chi connectivity index (χ4v) is 5.81. The van der Waals surface area contributed by atoms with Crippen LogP contribution in [0.25, 0.3) is 0 Å². The number of carbonyl (C=O) groups excluding carboxylic acids is 1. The van der Waals surface area contributed by atoms with Gasteiger partial charge in [-0.1, -0.05) is 38.3 Å². The van der Waals surface area contributed by atoms with Crippen LogP contribution in [0.4, 0.5) is 5.69 Å². The summed E-state index contributed by atoms with van der Waals surface area (Å²) in [5.41, 5.74) is 0.368. The highest BCUT2D eigenvalue weighted by molar-refractivity contribution is 7.89. The van der Waals surface area contributed by atoms with Crippen LogP contribution in [0.5, 0.6) is 0 Å². The fourth-order valence-electron chi connectivity index (χ4n) is 4.25. The standard InChI is InChI=1S/C21H34N4O3S/c1-3-24-13-15-25(16-14-24)17-21(26)22-19-11-7-8-12-20(19)29(27,28)23(2)18-9-5-4-6-10-18/h7-8,11-12,18H,3-6,9-10,13-17H2,1-2H3,(H,22,26). The molecule has 7 nitrogen and oxygen atoms in total. The summed E-state index contributed by atoms with van der Waals surface area (Å²) in [5, 5.41) is 2.85. The van der Waals surface area contributed by atoms with E-state index in [1.165, 1.54) is 10.7 Å². The first-order chi connectivity index (χ1) is 13.9. The zero-order valence-electron chi connectivity index (χ0n) is 17.6. The molecule has 8 heteroatoms. The number of benzene rings is 1. The second kappa shape index (κ2) is 10.0. The van der Waals surface area contributed by atoms with E-state index in [0.29, 0.717) is 5.69 Å². The summed E-state index contributed by atoms with van der Waals surface area (Å²) in [4.78, 5) is 17.3. The number of nitrogens with one attached hydrogen (secondary N) is 1. The van der Waals surface area contributed by atoms with Crippen molar-refractivity contribution < 1.29 is 13.2 Å². The van der Waals surface area contributed by atoms with Crippen molar-refractivity contribution in [1.82, 2.24) is 14.1 Å². The number of para-hydroxylation sites is 1. The largest absolute Gasteiger partial charge is 0.324 e. The highest BCUT2D eigenvalue weighted by Gasteiger charge is 2.31. The Morgan fingerprint density at radius 3 is 2.34 bits per heavy atom. The van der Waals surface area contributed by atoms with Crippen molar-refractivity contribution in [3.63, 3.8) is 0 Å². The Labute approximate surface area is 175 Å². The molecule has 1 saturated heterocycles. The van der Waals surface area contributed by atoms with E-state index in [2.05, 4.69) is 22.0 Å². The van der Waals surface area contributed by atoms with Gasteiger partial charge in [0.1, 0.15) is 4.90 Å². The predicted octanol–water partition coefficient (Wildman–Crippen LogP) is 2.22.